The lowest BCUT2D eigenvalue weighted by Gasteiger charge is -2.12. The monoisotopic (exact) mass is 434 g/mol. The zero-order valence-corrected chi connectivity index (χ0v) is 18.1. The van der Waals surface area contributed by atoms with Crippen molar-refractivity contribution in [2.75, 3.05) is 26.6 Å². The Kier molecular flexibility index (Phi) is 5.85. The van der Waals surface area contributed by atoms with E-state index in [1.54, 1.807) is 39.7 Å². The van der Waals surface area contributed by atoms with Crippen LogP contribution >= 0.6 is 0 Å². The molecule has 0 unspecified atom stereocenters. The van der Waals surface area contributed by atoms with Crippen LogP contribution in [0.5, 0.6) is 17.2 Å². The first-order valence-corrected chi connectivity index (χ1v) is 9.75. The minimum atomic E-state index is -0.333. The molecule has 0 spiro atoms. The standard InChI is InChI=1S/C24H22N2O6/c1-14(9-24(27)25-23-7-8-32-26-23)16-11-18-19(13-31-22(18)12-21(16)30-4)17-10-15(28-2)5-6-20(17)29-3/h5-13H,1-4H3,(H,25,26,27)/b14-9+. The quantitative estimate of drug-likeness (QED) is 0.402. The van der Waals surface area contributed by atoms with Crippen molar-refractivity contribution < 1.29 is 27.9 Å². The molecular weight excluding hydrogens is 412 g/mol. The number of furan rings is 1. The third-order valence-corrected chi connectivity index (χ3v) is 5.05. The fourth-order valence-electron chi connectivity index (χ4n) is 3.48. The lowest BCUT2D eigenvalue weighted by molar-refractivity contribution is -0.111. The first-order chi connectivity index (χ1) is 15.5. The number of ether oxygens (including phenoxy) is 3. The van der Waals surface area contributed by atoms with Crippen LogP contribution in [-0.2, 0) is 4.79 Å². The van der Waals surface area contributed by atoms with Crippen LogP contribution in [0.15, 0.2) is 63.9 Å². The van der Waals surface area contributed by atoms with Crippen molar-refractivity contribution in [3.63, 3.8) is 0 Å². The minimum Gasteiger partial charge on any atom is -0.497 e. The molecule has 1 amide bonds. The normalized spacial score (nSPS) is 11.4. The van der Waals surface area contributed by atoms with Crippen LogP contribution in [-0.4, -0.2) is 32.4 Å². The molecule has 4 aromatic rings. The zero-order valence-electron chi connectivity index (χ0n) is 18.1. The van der Waals surface area contributed by atoms with Crippen molar-refractivity contribution in [2.24, 2.45) is 0 Å². The van der Waals surface area contributed by atoms with Crippen LogP contribution in [0.1, 0.15) is 12.5 Å². The van der Waals surface area contributed by atoms with Crippen LogP contribution in [0.2, 0.25) is 0 Å². The number of nitrogens with one attached hydrogen (secondary N) is 1. The highest BCUT2D eigenvalue weighted by molar-refractivity contribution is 6.05. The second kappa shape index (κ2) is 8.89. The van der Waals surface area contributed by atoms with Gasteiger partial charge in [0.1, 0.15) is 29.1 Å². The van der Waals surface area contributed by atoms with Gasteiger partial charge < -0.3 is 28.5 Å². The number of methoxy groups -OCH3 is 3. The lowest BCUT2D eigenvalue weighted by Crippen LogP contribution is -2.08. The SMILES string of the molecule is COc1ccc(OC)c(-c2coc3cc(OC)c(/C(C)=C/C(=O)Nc4ccon4)cc23)c1. The van der Waals surface area contributed by atoms with Gasteiger partial charge in [-0.1, -0.05) is 5.16 Å². The number of allylic oxidation sites excluding steroid dienone is 1. The molecule has 164 valence electrons. The van der Waals surface area contributed by atoms with Gasteiger partial charge in [0.15, 0.2) is 5.82 Å². The highest BCUT2D eigenvalue weighted by Gasteiger charge is 2.18. The molecule has 0 bridgehead atoms. The number of aromatic nitrogens is 1. The highest BCUT2D eigenvalue weighted by Crippen LogP contribution is 2.41. The topological polar surface area (TPSA) is 96.0 Å². The fourth-order valence-corrected chi connectivity index (χ4v) is 3.48. The maximum absolute atomic E-state index is 12.4. The Morgan fingerprint density at radius 3 is 2.50 bits per heavy atom. The number of benzene rings is 2. The molecule has 0 aliphatic heterocycles. The molecule has 8 nitrogen and oxygen atoms in total. The number of hydrogen-bond acceptors (Lipinski definition) is 7. The molecule has 32 heavy (non-hydrogen) atoms. The molecule has 0 saturated heterocycles. The van der Waals surface area contributed by atoms with E-state index >= 15 is 0 Å². The smallest absolute Gasteiger partial charge is 0.249 e. The van der Waals surface area contributed by atoms with E-state index in [-0.39, 0.29) is 5.91 Å². The summed E-state index contributed by atoms with van der Waals surface area (Å²) in [4.78, 5) is 12.4. The molecule has 1 N–H and O–H groups in total. The summed E-state index contributed by atoms with van der Waals surface area (Å²) in [5.41, 5.74) is 3.76. The van der Waals surface area contributed by atoms with Gasteiger partial charge in [0, 0.05) is 40.3 Å². The lowest BCUT2D eigenvalue weighted by atomic mass is 9.98. The molecule has 2 aromatic heterocycles. The first-order valence-electron chi connectivity index (χ1n) is 9.75. The van der Waals surface area contributed by atoms with E-state index in [0.717, 1.165) is 22.1 Å². The Morgan fingerprint density at radius 1 is 1.00 bits per heavy atom. The number of amides is 1. The zero-order chi connectivity index (χ0) is 22.7. The van der Waals surface area contributed by atoms with Crippen molar-refractivity contribution in [3.8, 4) is 28.4 Å². The van der Waals surface area contributed by atoms with Crippen molar-refractivity contribution >= 4 is 28.3 Å². The van der Waals surface area contributed by atoms with E-state index < -0.39 is 0 Å². The number of anilines is 1. The Labute approximate surface area is 184 Å². The van der Waals surface area contributed by atoms with Gasteiger partial charge in [-0.3, -0.25) is 4.79 Å². The molecule has 0 aliphatic carbocycles. The van der Waals surface area contributed by atoms with E-state index in [2.05, 4.69) is 10.5 Å². The van der Waals surface area contributed by atoms with E-state index in [9.17, 15) is 4.79 Å². The van der Waals surface area contributed by atoms with Crippen molar-refractivity contribution in [3.05, 3.63) is 60.6 Å². The van der Waals surface area contributed by atoms with Gasteiger partial charge in [0.05, 0.1) is 27.6 Å². The van der Waals surface area contributed by atoms with Gasteiger partial charge in [-0.2, -0.15) is 0 Å². The molecule has 2 heterocycles. The third-order valence-electron chi connectivity index (χ3n) is 5.05. The van der Waals surface area contributed by atoms with Gasteiger partial charge >= 0.3 is 0 Å². The first kappa shape index (κ1) is 21.0. The maximum Gasteiger partial charge on any atom is 0.249 e. The van der Waals surface area contributed by atoms with E-state index in [1.807, 2.05) is 31.2 Å². The maximum atomic E-state index is 12.4. The number of hydrogen-bond donors (Lipinski definition) is 1. The number of nitrogens with zero attached hydrogens (tertiary/aromatic N) is 1. The van der Waals surface area contributed by atoms with Crippen molar-refractivity contribution in [1.29, 1.82) is 0 Å². The molecule has 2 aromatic carbocycles. The summed E-state index contributed by atoms with van der Waals surface area (Å²) in [7, 11) is 4.80. The molecule has 0 fully saturated rings. The van der Waals surface area contributed by atoms with Gasteiger partial charge in [-0.25, -0.2) is 0 Å². The van der Waals surface area contributed by atoms with E-state index in [0.29, 0.717) is 34.2 Å². The van der Waals surface area contributed by atoms with E-state index in [4.69, 9.17) is 23.2 Å². The van der Waals surface area contributed by atoms with Crippen molar-refractivity contribution in [1.82, 2.24) is 5.16 Å². The molecule has 0 radical (unpaired) electrons. The average molecular weight is 434 g/mol. The second-order valence-electron chi connectivity index (χ2n) is 6.97. The minimum absolute atomic E-state index is 0.333. The predicted molar refractivity (Wildman–Crippen MR) is 120 cm³/mol. The summed E-state index contributed by atoms with van der Waals surface area (Å²) in [5, 5.41) is 7.18. The van der Waals surface area contributed by atoms with Gasteiger partial charge in [0.2, 0.25) is 5.91 Å². The summed E-state index contributed by atoms with van der Waals surface area (Å²) >= 11 is 0. The average Bonchev–Trinajstić information content (AvgIpc) is 3.46. The van der Waals surface area contributed by atoms with Crippen LogP contribution in [0.25, 0.3) is 27.7 Å². The molecule has 0 saturated carbocycles. The van der Waals surface area contributed by atoms with Crippen LogP contribution in [0.4, 0.5) is 5.82 Å². The molecule has 8 heteroatoms. The summed E-state index contributed by atoms with van der Waals surface area (Å²) in [6, 6.07) is 10.9. The van der Waals surface area contributed by atoms with Gasteiger partial charge in [0.25, 0.3) is 0 Å². The Morgan fingerprint density at radius 2 is 1.81 bits per heavy atom. The highest BCUT2D eigenvalue weighted by atomic mass is 16.5. The molecule has 0 atom stereocenters. The molecule has 4 rings (SSSR count). The Bertz CT molecular complexity index is 1290. The number of carbonyl (C=O) groups excluding carboxylic acids is 1. The van der Waals surface area contributed by atoms with Gasteiger partial charge in [-0.15, -0.1) is 0 Å². The molecule has 0 aliphatic rings. The number of rotatable bonds is 7. The summed E-state index contributed by atoms with van der Waals surface area (Å²) in [6.07, 6.45) is 4.53. The predicted octanol–water partition coefficient (Wildman–Crippen LogP) is 5.16. The van der Waals surface area contributed by atoms with Gasteiger partial charge in [-0.05, 0) is 36.8 Å². The fraction of sp³-hybridized carbons (Fsp3) is 0.167. The van der Waals surface area contributed by atoms with Crippen molar-refractivity contribution in [2.45, 2.75) is 6.92 Å². The summed E-state index contributed by atoms with van der Waals surface area (Å²) < 4.78 is 27.0. The number of fused-ring (bicyclic) bond motifs is 1. The summed E-state index contributed by atoms with van der Waals surface area (Å²) in [5.74, 6) is 1.97. The Balaban J connectivity index is 1.79. The van der Waals surface area contributed by atoms with Crippen LogP contribution in [0, 0.1) is 0 Å². The largest absolute Gasteiger partial charge is 0.497 e. The number of carbonyl (C=O) groups is 1. The Hall–Kier alpha value is -4.20. The van der Waals surface area contributed by atoms with Crippen LogP contribution < -0.4 is 19.5 Å². The van der Waals surface area contributed by atoms with Crippen LogP contribution in [0.3, 0.4) is 0 Å². The molecular formula is C24H22N2O6. The summed E-state index contributed by atoms with van der Waals surface area (Å²) in [6.45, 7) is 1.83. The second-order valence-corrected chi connectivity index (χ2v) is 6.97. The third kappa shape index (κ3) is 4.02. The van der Waals surface area contributed by atoms with E-state index in [1.165, 1.54) is 12.3 Å².